The van der Waals surface area contributed by atoms with Gasteiger partial charge in [-0.25, -0.2) is 4.39 Å². The van der Waals surface area contributed by atoms with Gasteiger partial charge in [-0.2, -0.15) is 0 Å². The van der Waals surface area contributed by atoms with Crippen molar-refractivity contribution in [2.45, 2.75) is 69.1 Å². The van der Waals surface area contributed by atoms with Gasteiger partial charge >= 0.3 is 0 Å². The van der Waals surface area contributed by atoms with Crippen LogP contribution in [-0.2, 0) is 10.2 Å². The van der Waals surface area contributed by atoms with E-state index < -0.39 is 17.4 Å². The molecule has 1 aliphatic heterocycles. The Bertz CT molecular complexity index is 1330. The minimum atomic E-state index is -0.643. The largest absolute Gasteiger partial charge is 0.393 e. The SMILES string of the molecule is CC(C)(CNC(=O)[C@@H]1c2ccccc2C(=O)N([C@H]2CC[C@H](O)CC2)[C@H]1c1ccc(Cl)cc1)c1ccc(F)cc1. The Morgan fingerprint density at radius 3 is 2.31 bits per heavy atom. The van der Waals surface area contributed by atoms with Crippen molar-refractivity contribution in [3.8, 4) is 0 Å². The van der Waals surface area contributed by atoms with Crippen LogP contribution in [-0.4, -0.2) is 40.5 Å². The van der Waals surface area contributed by atoms with Gasteiger partial charge in [0.05, 0.1) is 18.1 Å². The van der Waals surface area contributed by atoms with E-state index in [4.69, 9.17) is 11.6 Å². The Kier molecular flexibility index (Phi) is 7.79. The molecule has 1 aliphatic carbocycles. The van der Waals surface area contributed by atoms with E-state index in [9.17, 15) is 19.1 Å². The van der Waals surface area contributed by atoms with Crippen LogP contribution in [0.5, 0.6) is 0 Å². The number of halogens is 2. The number of fused-ring (bicyclic) bond motifs is 1. The highest BCUT2D eigenvalue weighted by Gasteiger charge is 2.47. The van der Waals surface area contributed by atoms with Crippen LogP contribution in [0, 0.1) is 5.82 Å². The number of hydrogen-bond acceptors (Lipinski definition) is 3. The van der Waals surface area contributed by atoms with Crippen molar-refractivity contribution in [1.82, 2.24) is 10.2 Å². The van der Waals surface area contributed by atoms with Crippen LogP contribution in [0.4, 0.5) is 4.39 Å². The monoisotopic (exact) mass is 548 g/mol. The van der Waals surface area contributed by atoms with Crippen molar-refractivity contribution in [1.29, 1.82) is 0 Å². The summed E-state index contributed by atoms with van der Waals surface area (Å²) in [6.07, 6.45) is 2.21. The molecule has 1 heterocycles. The summed E-state index contributed by atoms with van der Waals surface area (Å²) in [5, 5.41) is 13.9. The second-order valence-corrected chi connectivity index (χ2v) is 11.8. The third kappa shape index (κ3) is 5.59. The van der Waals surface area contributed by atoms with Gasteiger partial charge in [0.25, 0.3) is 5.91 Å². The number of nitrogens with one attached hydrogen (secondary N) is 1. The molecule has 0 unspecified atom stereocenters. The van der Waals surface area contributed by atoms with Crippen molar-refractivity contribution >= 4 is 23.4 Å². The molecule has 0 bridgehead atoms. The minimum absolute atomic E-state index is 0.0948. The molecule has 0 aromatic heterocycles. The quantitative estimate of drug-likeness (QED) is 0.388. The lowest BCUT2D eigenvalue weighted by Crippen LogP contribution is -2.53. The summed E-state index contributed by atoms with van der Waals surface area (Å²) in [6, 6.07) is 20.4. The molecular weight excluding hydrogens is 515 g/mol. The Balaban J connectivity index is 1.53. The maximum Gasteiger partial charge on any atom is 0.254 e. The number of carbonyl (C=O) groups excluding carboxylic acids is 2. The van der Waals surface area contributed by atoms with Crippen LogP contribution in [0.15, 0.2) is 72.8 Å². The van der Waals surface area contributed by atoms with Gasteiger partial charge in [0.1, 0.15) is 5.82 Å². The summed E-state index contributed by atoms with van der Waals surface area (Å²) >= 11 is 6.22. The van der Waals surface area contributed by atoms with Crippen molar-refractivity contribution in [2.24, 2.45) is 0 Å². The van der Waals surface area contributed by atoms with Gasteiger partial charge < -0.3 is 15.3 Å². The molecule has 0 radical (unpaired) electrons. The Morgan fingerprint density at radius 1 is 1.00 bits per heavy atom. The molecule has 3 aromatic carbocycles. The number of benzene rings is 3. The minimum Gasteiger partial charge on any atom is -0.393 e. The molecule has 2 atom stereocenters. The second-order valence-electron chi connectivity index (χ2n) is 11.3. The normalized spacial score (nSPS) is 23.3. The fourth-order valence-corrected chi connectivity index (χ4v) is 6.13. The van der Waals surface area contributed by atoms with Gasteiger partial charge in [0.15, 0.2) is 0 Å². The van der Waals surface area contributed by atoms with E-state index in [1.165, 1.54) is 12.1 Å². The maximum absolute atomic E-state index is 14.2. The molecule has 204 valence electrons. The zero-order chi connectivity index (χ0) is 27.7. The summed E-state index contributed by atoms with van der Waals surface area (Å²) in [5.41, 5.74) is 2.55. The van der Waals surface area contributed by atoms with E-state index in [0.29, 0.717) is 48.4 Å². The molecule has 1 saturated carbocycles. The summed E-state index contributed by atoms with van der Waals surface area (Å²) in [7, 11) is 0. The van der Waals surface area contributed by atoms with Crippen LogP contribution >= 0.6 is 11.6 Å². The van der Waals surface area contributed by atoms with Gasteiger partial charge in [0.2, 0.25) is 5.91 Å². The predicted octanol–water partition coefficient (Wildman–Crippen LogP) is 6.16. The lowest BCUT2D eigenvalue weighted by Gasteiger charge is -2.47. The zero-order valence-electron chi connectivity index (χ0n) is 22.2. The van der Waals surface area contributed by atoms with Crippen molar-refractivity contribution in [3.05, 3.63) is 106 Å². The number of hydrogen-bond donors (Lipinski definition) is 2. The third-order valence-electron chi connectivity index (χ3n) is 8.26. The van der Waals surface area contributed by atoms with E-state index in [1.807, 2.05) is 49.1 Å². The first-order chi connectivity index (χ1) is 18.7. The first kappa shape index (κ1) is 27.4. The van der Waals surface area contributed by atoms with Gasteiger partial charge in [-0.05, 0) is 72.7 Å². The smallest absolute Gasteiger partial charge is 0.254 e. The number of aliphatic hydroxyl groups is 1. The molecule has 0 saturated heterocycles. The molecule has 1 fully saturated rings. The molecule has 3 aromatic rings. The highest BCUT2D eigenvalue weighted by Crippen LogP contribution is 2.46. The third-order valence-corrected chi connectivity index (χ3v) is 8.51. The first-order valence-electron chi connectivity index (χ1n) is 13.5. The molecule has 5 rings (SSSR count). The Morgan fingerprint density at radius 2 is 1.64 bits per heavy atom. The number of rotatable bonds is 6. The van der Waals surface area contributed by atoms with Gasteiger partial charge in [-0.15, -0.1) is 0 Å². The topological polar surface area (TPSA) is 69.6 Å². The first-order valence-corrected chi connectivity index (χ1v) is 13.9. The maximum atomic E-state index is 14.2. The van der Waals surface area contributed by atoms with Gasteiger partial charge in [-0.3, -0.25) is 9.59 Å². The van der Waals surface area contributed by atoms with E-state index in [1.54, 1.807) is 30.3 Å². The fourth-order valence-electron chi connectivity index (χ4n) is 6.01. The van der Waals surface area contributed by atoms with Crippen molar-refractivity contribution in [2.75, 3.05) is 6.54 Å². The lowest BCUT2D eigenvalue weighted by atomic mass is 9.76. The average molecular weight is 549 g/mol. The molecule has 39 heavy (non-hydrogen) atoms. The van der Waals surface area contributed by atoms with Crippen LogP contribution < -0.4 is 5.32 Å². The summed E-state index contributed by atoms with van der Waals surface area (Å²) in [4.78, 5) is 30.1. The number of carbonyl (C=O) groups is 2. The Hall–Kier alpha value is -3.22. The molecule has 5 nitrogen and oxygen atoms in total. The summed E-state index contributed by atoms with van der Waals surface area (Å²) in [5.74, 6) is -1.22. The second kappa shape index (κ2) is 11.1. The fraction of sp³-hybridized carbons (Fsp3) is 0.375. The van der Waals surface area contributed by atoms with Crippen molar-refractivity contribution in [3.63, 3.8) is 0 Å². The van der Waals surface area contributed by atoms with E-state index >= 15 is 0 Å². The average Bonchev–Trinajstić information content (AvgIpc) is 2.93. The summed E-state index contributed by atoms with van der Waals surface area (Å²) < 4.78 is 13.5. The number of nitrogens with zero attached hydrogens (tertiary/aromatic N) is 1. The number of amides is 2. The van der Waals surface area contributed by atoms with Crippen molar-refractivity contribution < 1.29 is 19.1 Å². The van der Waals surface area contributed by atoms with Crippen LogP contribution in [0.3, 0.4) is 0 Å². The van der Waals surface area contributed by atoms with Gasteiger partial charge in [-0.1, -0.05) is 67.9 Å². The van der Waals surface area contributed by atoms with E-state index in [2.05, 4.69) is 5.32 Å². The van der Waals surface area contributed by atoms with Gasteiger partial charge in [0, 0.05) is 28.6 Å². The van der Waals surface area contributed by atoms with Crippen LogP contribution in [0.1, 0.15) is 78.5 Å². The zero-order valence-corrected chi connectivity index (χ0v) is 23.0. The Labute approximate surface area is 234 Å². The van der Waals surface area contributed by atoms with Crippen LogP contribution in [0.2, 0.25) is 5.02 Å². The molecule has 7 heteroatoms. The molecule has 0 spiro atoms. The highest BCUT2D eigenvalue weighted by atomic mass is 35.5. The van der Waals surface area contributed by atoms with E-state index in [-0.39, 0.29) is 29.8 Å². The standard InChI is InChI=1S/C32H34ClFN2O3/c1-32(2,21-9-13-23(34)14-10-21)19-35-30(38)28-26-5-3-4-6-27(26)31(39)36(24-15-17-25(37)18-16-24)29(28)20-7-11-22(33)12-8-20/h3-14,24-25,28-29,37H,15-19H2,1-2H3,(H,35,38)/t24-,25-,28-,29+/m1/s1. The molecule has 2 aliphatic rings. The lowest BCUT2D eigenvalue weighted by molar-refractivity contribution is -0.124. The molecule has 2 N–H and O–H groups in total. The predicted molar refractivity (Wildman–Crippen MR) is 150 cm³/mol. The molecular formula is C32H34ClFN2O3. The number of aliphatic hydroxyl groups excluding tert-OH is 1. The summed E-state index contributed by atoms with van der Waals surface area (Å²) in [6.45, 7) is 4.36. The van der Waals surface area contributed by atoms with Crippen LogP contribution in [0.25, 0.3) is 0 Å². The van der Waals surface area contributed by atoms with E-state index in [0.717, 1.165) is 11.1 Å². The highest BCUT2D eigenvalue weighted by molar-refractivity contribution is 6.30. The molecule has 2 amide bonds.